The summed E-state index contributed by atoms with van der Waals surface area (Å²) < 4.78 is 16.5. The monoisotopic (exact) mass is 223 g/mol. The zero-order valence-corrected chi connectivity index (χ0v) is 9.39. The van der Waals surface area contributed by atoms with Crippen LogP contribution in [0, 0.1) is 0 Å². The van der Waals surface area contributed by atoms with Gasteiger partial charge in [0.15, 0.2) is 6.29 Å². The molecule has 0 radical (unpaired) electrons. The Hall–Kier alpha value is -1.10. The highest BCUT2D eigenvalue weighted by atomic mass is 16.7. The molecule has 1 aliphatic rings. The number of nitrogens with two attached hydrogens (primary N) is 1. The van der Waals surface area contributed by atoms with Crippen molar-refractivity contribution in [2.75, 3.05) is 20.3 Å². The van der Waals surface area contributed by atoms with Gasteiger partial charge in [0.25, 0.3) is 0 Å². The first-order valence-corrected chi connectivity index (χ1v) is 5.44. The summed E-state index contributed by atoms with van der Waals surface area (Å²) in [6.45, 7) is 1.23. The second-order valence-corrected chi connectivity index (χ2v) is 3.78. The number of benzene rings is 1. The van der Waals surface area contributed by atoms with E-state index in [-0.39, 0.29) is 12.4 Å². The third-order valence-corrected chi connectivity index (χ3v) is 2.60. The van der Waals surface area contributed by atoms with Crippen molar-refractivity contribution in [3.63, 3.8) is 0 Å². The lowest BCUT2D eigenvalue weighted by Gasteiger charge is -2.12. The topological polar surface area (TPSA) is 53.7 Å². The van der Waals surface area contributed by atoms with Crippen molar-refractivity contribution in [1.82, 2.24) is 0 Å². The molecule has 1 aromatic rings. The van der Waals surface area contributed by atoms with E-state index in [1.54, 1.807) is 7.11 Å². The molecule has 1 saturated heterocycles. The molecule has 1 aliphatic heterocycles. The molecule has 2 atom stereocenters. The quantitative estimate of drug-likeness (QED) is 0.839. The lowest BCUT2D eigenvalue weighted by molar-refractivity contribution is -0.0608. The zero-order valence-electron chi connectivity index (χ0n) is 9.39. The van der Waals surface area contributed by atoms with Crippen LogP contribution in [-0.2, 0) is 9.47 Å². The van der Waals surface area contributed by atoms with Crippen molar-refractivity contribution in [3.8, 4) is 5.75 Å². The molecule has 0 spiro atoms. The molecular formula is C12H17NO3. The highest BCUT2D eigenvalue weighted by Crippen LogP contribution is 2.29. The summed E-state index contributed by atoms with van der Waals surface area (Å²) in [5.74, 6) is 0.812. The first kappa shape index (κ1) is 11.4. The first-order valence-electron chi connectivity index (χ1n) is 5.44. The van der Waals surface area contributed by atoms with Gasteiger partial charge in [0.1, 0.15) is 5.75 Å². The normalized spacial score (nSPS) is 24.6. The van der Waals surface area contributed by atoms with E-state index >= 15 is 0 Å². The molecule has 0 aromatic heterocycles. The minimum absolute atomic E-state index is 0.112. The van der Waals surface area contributed by atoms with Gasteiger partial charge in [-0.1, -0.05) is 12.1 Å². The molecule has 0 bridgehead atoms. The van der Waals surface area contributed by atoms with E-state index < -0.39 is 0 Å². The Labute approximate surface area is 95.3 Å². The maximum Gasteiger partial charge on any atom is 0.184 e. The summed E-state index contributed by atoms with van der Waals surface area (Å²) in [7, 11) is 1.65. The summed E-state index contributed by atoms with van der Waals surface area (Å²) in [4.78, 5) is 0. The highest BCUT2D eigenvalue weighted by molar-refractivity contribution is 5.29. The van der Waals surface area contributed by atoms with Gasteiger partial charge in [-0.3, -0.25) is 0 Å². The van der Waals surface area contributed by atoms with Crippen molar-refractivity contribution < 1.29 is 14.2 Å². The molecule has 16 heavy (non-hydrogen) atoms. The van der Waals surface area contributed by atoms with Gasteiger partial charge in [0.2, 0.25) is 0 Å². The number of hydrogen-bond donors (Lipinski definition) is 1. The number of hydrogen-bond acceptors (Lipinski definition) is 4. The molecule has 2 unspecified atom stereocenters. The number of ether oxygens (including phenoxy) is 3. The van der Waals surface area contributed by atoms with Crippen LogP contribution in [0.1, 0.15) is 18.3 Å². The number of methoxy groups -OCH3 is 1. The van der Waals surface area contributed by atoms with Crippen LogP contribution < -0.4 is 10.5 Å². The second kappa shape index (κ2) is 5.30. The van der Waals surface area contributed by atoms with E-state index in [9.17, 15) is 0 Å². The molecule has 0 amide bonds. The standard InChI is InChI=1S/C12H17NO3/c1-14-10-4-2-3-9(7-10)12-15-8-11(16-12)5-6-13/h2-4,7,11-12H,5-6,8,13H2,1H3. The number of rotatable bonds is 4. The van der Waals surface area contributed by atoms with Crippen LogP contribution in [-0.4, -0.2) is 26.4 Å². The van der Waals surface area contributed by atoms with Gasteiger partial charge in [-0.05, 0) is 25.1 Å². The van der Waals surface area contributed by atoms with Crippen LogP contribution in [0.15, 0.2) is 24.3 Å². The van der Waals surface area contributed by atoms with E-state index in [0.29, 0.717) is 13.2 Å². The molecule has 1 aromatic carbocycles. The molecule has 1 fully saturated rings. The van der Waals surface area contributed by atoms with Crippen LogP contribution in [0.5, 0.6) is 5.75 Å². The Morgan fingerprint density at radius 1 is 1.50 bits per heavy atom. The van der Waals surface area contributed by atoms with Crippen molar-refractivity contribution in [1.29, 1.82) is 0 Å². The Bertz CT molecular complexity index is 343. The first-order chi connectivity index (χ1) is 7.83. The van der Waals surface area contributed by atoms with E-state index in [4.69, 9.17) is 19.9 Å². The molecular weight excluding hydrogens is 206 g/mol. The third-order valence-electron chi connectivity index (χ3n) is 2.60. The minimum Gasteiger partial charge on any atom is -0.497 e. The van der Waals surface area contributed by atoms with E-state index in [0.717, 1.165) is 17.7 Å². The fourth-order valence-electron chi connectivity index (χ4n) is 1.75. The molecule has 4 nitrogen and oxygen atoms in total. The highest BCUT2D eigenvalue weighted by Gasteiger charge is 2.26. The van der Waals surface area contributed by atoms with Gasteiger partial charge in [-0.25, -0.2) is 0 Å². The zero-order chi connectivity index (χ0) is 11.4. The second-order valence-electron chi connectivity index (χ2n) is 3.78. The fourth-order valence-corrected chi connectivity index (χ4v) is 1.75. The smallest absolute Gasteiger partial charge is 0.184 e. The van der Waals surface area contributed by atoms with Gasteiger partial charge in [-0.2, -0.15) is 0 Å². The molecule has 0 aliphatic carbocycles. The summed E-state index contributed by atoms with van der Waals surface area (Å²) in [6, 6.07) is 7.72. The average molecular weight is 223 g/mol. The van der Waals surface area contributed by atoms with Crippen LogP contribution in [0.25, 0.3) is 0 Å². The lowest BCUT2D eigenvalue weighted by Crippen LogP contribution is -2.15. The minimum atomic E-state index is -0.286. The van der Waals surface area contributed by atoms with Crippen LogP contribution in [0.3, 0.4) is 0 Å². The largest absolute Gasteiger partial charge is 0.497 e. The van der Waals surface area contributed by atoms with Crippen LogP contribution in [0.2, 0.25) is 0 Å². The van der Waals surface area contributed by atoms with E-state index in [1.165, 1.54) is 0 Å². The van der Waals surface area contributed by atoms with Gasteiger partial charge in [-0.15, -0.1) is 0 Å². The predicted molar refractivity (Wildman–Crippen MR) is 60.2 cm³/mol. The average Bonchev–Trinajstić information content (AvgIpc) is 2.78. The Morgan fingerprint density at radius 3 is 3.12 bits per heavy atom. The Balaban J connectivity index is 2.02. The van der Waals surface area contributed by atoms with Crippen molar-refractivity contribution in [2.24, 2.45) is 5.73 Å². The van der Waals surface area contributed by atoms with E-state index in [1.807, 2.05) is 24.3 Å². The molecule has 2 rings (SSSR count). The molecule has 88 valence electrons. The molecule has 2 N–H and O–H groups in total. The van der Waals surface area contributed by atoms with Crippen molar-refractivity contribution >= 4 is 0 Å². The van der Waals surface area contributed by atoms with Crippen molar-refractivity contribution in [2.45, 2.75) is 18.8 Å². The third kappa shape index (κ3) is 2.52. The van der Waals surface area contributed by atoms with Crippen LogP contribution in [0.4, 0.5) is 0 Å². The van der Waals surface area contributed by atoms with Gasteiger partial charge < -0.3 is 19.9 Å². The SMILES string of the molecule is COc1cccc(C2OCC(CCN)O2)c1. The predicted octanol–water partition coefficient (Wildman–Crippen LogP) is 1.46. The lowest BCUT2D eigenvalue weighted by atomic mass is 10.2. The van der Waals surface area contributed by atoms with Crippen LogP contribution >= 0.6 is 0 Å². The van der Waals surface area contributed by atoms with Crippen molar-refractivity contribution in [3.05, 3.63) is 29.8 Å². The fraction of sp³-hybridized carbons (Fsp3) is 0.500. The summed E-state index contributed by atoms with van der Waals surface area (Å²) in [6.07, 6.45) is 0.661. The summed E-state index contributed by atoms with van der Waals surface area (Å²) >= 11 is 0. The Kier molecular flexibility index (Phi) is 3.77. The van der Waals surface area contributed by atoms with E-state index in [2.05, 4.69) is 0 Å². The summed E-state index contributed by atoms with van der Waals surface area (Å²) in [5.41, 5.74) is 6.47. The maximum atomic E-state index is 5.73. The molecule has 4 heteroatoms. The Morgan fingerprint density at radius 2 is 2.38 bits per heavy atom. The molecule has 1 heterocycles. The van der Waals surface area contributed by atoms with Gasteiger partial charge >= 0.3 is 0 Å². The van der Waals surface area contributed by atoms with Gasteiger partial charge in [0.05, 0.1) is 19.8 Å². The van der Waals surface area contributed by atoms with Gasteiger partial charge in [0, 0.05) is 5.56 Å². The maximum absolute atomic E-state index is 5.73. The molecule has 0 saturated carbocycles. The summed E-state index contributed by atoms with van der Waals surface area (Å²) in [5, 5.41) is 0.